The Kier molecular flexibility index (Phi) is 4.16. The number of unbranched alkanes of at least 4 members (excludes halogenated alkanes) is 1. The molecule has 0 radical (unpaired) electrons. The van der Waals surface area contributed by atoms with Gasteiger partial charge in [-0.15, -0.1) is 5.10 Å². The predicted octanol–water partition coefficient (Wildman–Crippen LogP) is 2.98. The highest BCUT2D eigenvalue weighted by molar-refractivity contribution is 5.83. The lowest BCUT2D eigenvalue weighted by atomic mass is 10.1. The highest BCUT2D eigenvalue weighted by Gasteiger charge is 2.21. The largest absolute Gasteiger partial charge is 0.296 e. The van der Waals surface area contributed by atoms with Crippen LogP contribution in [0.2, 0.25) is 0 Å². The first-order chi connectivity index (χ1) is 9.60. The zero-order valence-corrected chi connectivity index (χ0v) is 10.7. The normalized spacial score (nSPS) is 10.8. The van der Waals surface area contributed by atoms with Crippen molar-refractivity contribution < 1.29 is 18.0 Å². The maximum Gasteiger partial charge on any atom is 0.195 e. The Hall–Kier alpha value is -2.18. The van der Waals surface area contributed by atoms with E-state index in [0.29, 0.717) is 12.8 Å². The van der Waals surface area contributed by atoms with Crippen LogP contribution in [0.5, 0.6) is 0 Å². The molecule has 0 N–H and O–H groups in total. The van der Waals surface area contributed by atoms with Gasteiger partial charge in [0.05, 0.1) is 0 Å². The first-order valence-corrected chi connectivity index (χ1v) is 6.12. The van der Waals surface area contributed by atoms with Gasteiger partial charge in [0.1, 0.15) is 5.69 Å². The van der Waals surface area contributed by atoms with Gasteiger partial charge in [-0.1, -0.05) is 18.6 Å². The van der Waals surface area contributed by atoms with E-state index in [9.17, 15) is 18.0 Å². The van der Waals surface area contributed by atoms with Gasteiger partial charge in [0.25, 0.3) is 0 Å². The maximum absolute atomic E-state index is 13.8. The van der Waals surface area contributed by atoms with Crippen molar-refractivity contribution in [3.05, 3.63) is 35.3 Å². The highest BCUT2D eigenvalue weighted by atomic mass is 19.2. The molecule has 1 heterocycles. The summed E-state index contributed by atoms with van der Waals surface area (Å²) in [7, 11) is 0. The molecular formula is C13H12F3N3O. The molecule has 1 aromatic carbocycles. The molecule has 0 atom stereocenters. The van der Waals surface area contributed by atoms with Crippen LogP contribution in [-0.4, -0.2) is 21.3 Å². The van der Waals surface area contributed by atoms with Crippen molar-refractivity contribution in [3.63, 3.8) is 0 Å². The summed E-state index contributed by atoms with van der Waals surface area (Å²) in [5, 5.41) is 7.37. The summed E-state index contributed by atoms with van der Waals surface area (Å²) >= 11 is 0. The van der Waals surface area contributed by atoms with Crippen LogP contribution >= 0.6 is 0 Å². The lowest BCUT2D eigenvalue weighted by molar-refractivity contribution is 0.111. The van der Waals surface area contributed by atoms with Crippen LogP contribution in [0.3, 0.4) is 0 Å². The SMILES string of the molecule is CCCCn1nnc(C=O)c1-c1ccc(F)c(F)c1F. The molecule has 20 heavy (non-hydrogen) atoms. The second-order valence-corrected chi connectivity index (χ2v) is 4.24. The van der Waals surface area contributed by atoms with Gasteiger partial charge in [-0.05, 0) is 18.6 Å². The molecule has 2 rings (SSSR count). The van der Waals surface area contributed by atoms with Crippen LogP contribution in [-0.2, 0) is 6.54 Å². The number of aryl methyl sites for hydroxylation is 1. The van der Waals surface area contributed by atoms with E-state index >= 15 is 0 Å². The zero-order valence-electron chi connectivity index (χ0n) is 10.7. The lowest BCUT2D eigenvalue weighted by Crippen LogP contribution is -2.05. The molecule has 0 bridgehead atoms. The quantitative estimate of drug-likeness (QED) is 0.626. The molecule has 0 amide bonds. The fourth-order valence-electron chi connectivity index (χ4n) is 1.86. The number of hydrogen-bond acceptors (Lipinski definition) is 3. The molecule has 106 valence electrons. The molecule has 0 aliphatic carbocycles. The molecule has 0 saturated heterocycles. The second kappa shape index (κ2) is 5.85. The molecule has 0 fully saturated rings. The standard InChI is InChI=1S/C13H12F3N3O/c1-2-3-6-19-13(10(7-20)17-18-19)8-4-5-9(14)12(16)11(8)15/h4-5,7H,2-3,6H2,1H3. The Labute approximate surface area is 113 Å². The molecule has 0 unspecified atom stereocenters. The number of nitrogens with zero attached hydrogens (tertiary/aromatic N) is 3. The van der Waals surface area contributed by atoms with Crippen molar-refractivity contribution in [2.75, 3.05) is 0 Å². The van der Waals surface area contributed by atoms with E-state index in [1.807, 2.05) is 6.92 Å². The Bertz CT molecular complexity index is 640. The Morgan fingerprint density at radius 2 is 2.00 bits per heavy atom. The smallest absolute Gasteiger partial charge is 0.195 e. The first kappa shape index (κ1) is 14.2. The van der Waals surface area contributed by atoms with Crippen molar-refractivity contribution in [1.29, 1.82) is 0 Å². The minimum Gasteiger partial charge on any atom is -0.296 e. The topological polar surface area (TPSA) is 47.8 Å². The van der Waals surface area contributed by atoms with Crippen LogP contribution < -0.4 is 0 Å². The summed E-state index contributed by atoms with van der Waals surface area (Å²) in [6, 6.07) is 1.88. The number of carbonyl (C=O) groups excluding carboxylic acids is 1. The van der Waals surface area contributed by atoms with Crippen LogP contribution in [0.15, 0.2) is 12.1 Å². The van der Waals surface area contributed by atoms with Gasteiger partial charge < -0.3 is 0 Å². The van der Waals surface area contributed by atoms with E-state index in [-0.39, 0.29) is 17.0 Å². The third kappa shape index (κ3) is 2.43. The first-order valence-electron chi connectivity index (χ1n) is 6.12. The Morgan fingerprint density at radius 3 is 2.65 bits per heavy atom. The van der Waals surface area contributed by atoms with Crippen LogP contribution in [0.25, 0.3) is 11.3 Å². The van der Waals surface area contributed by atoms with E-state index in [2.05, 4.69) is 10.3 Å². The number of aldehydes is 1. The van der Waals surface area contributed by atoms with Gasteiger partial charge in [-0.25, -0.2) is 17.9 Å². The van der Waals surface area contributed by atoms with Gasteiger partial charge in [-0.3, -0.25) is 4.79 Å². The number of hydrogen-bond donors (Lipinski definition) is 0. The van der Waals surface area contributed by atoms with E-state index < -0.39 is 17.5 Å². The van der Waals surface area contributed by atoms with E-state index in [4.69, 9.17) is 0 Å². The van der Waals surface area contributed by atoms with E-state index in [0.717, 1.165) is 25.0 Å². The summed E-state index contributed by atoms with van der Waals surface area (Å²) in [5.41, 5.74) is -0.275. The van der Waals surface area contributed by atoms with E-state index in [1.165, 1.54) is 4.68 Å². The average molecular weight is 283 g/mol. The lowest BCUT2D eigenvalue weighted by Gasteiger charge is -2.08. The van der Waals surface area contributed by atoms with Crippen molar-refractivity contribution >= 4 is 6.29 Å². The predicted molar refractivity (Wildman–Crippen MR) is 65.6 cm³/mol. The number of rotatable bonds is 5. The average Bonchev–Trinajstić information content (AvgIpc) is 2.85. The fourth-order valence-corrected chi connectivity index (χ4v) is 1.86. The van der Waals surface area contributed by atoms with Gasteiger partial charge >= 0.3 is 0 Å². The van der Waals surface area contributed by atoms with Crippen LogP contribution in [0, 0.1) is 17.5 Å². The number of aromatic nitrogens is 3. The maximum atomic E-state index is 13.8. The molecule has 0 aliphatic heterocycles. The van der Waals surface area contributed by atoms with Crippen molar-refractivity contribution in [2.45, 2.75) is 26.3 Å². The summed E-state index contributed by atoms with van der Waals surface area (Å²) in [6.45, 7) is 2.36. The fraction of sp³-hybridized carbons (Fsp3) is 0.308. The van der Waals surface area contributed by atoms with Gasteiger partial charge in [-0.2, -0.15) is 0 Å². The van der Waals surface area contributed by atoms with E-state index in [1.54, 1.807) is 0 Å². The molecule has 7 heteroatoms. The van der Waals surface area contributed by atoms with Gasteiger partial charge in [0, 0.05) is 12.1 Å². The Balaban J connectivity index is 2.58. The van der Waals surface area contributed by atoms with Crippen molar-refractivity contribution in [2.24, 2.45) is 0 Å². The monoisotopic (exact) mass is 283 g/mol. The summed E-state index contributed by atoms with van der Waals surface area (Å²) < 4.78 is 41.4. The Morgan fingerprint density at radius 1 is 1.25 bits per heavy atom. The van der Waals surface area contributed by atoms with Crippen molar-refractivity contribution in [1.82, 2.24) is 15.0 Å². The minimum absolute atomic E-state index is 0.0600. The molecule has 0 saturated carbocycles. The molecule has 4 nitrogen and oxygen atoms in total. The number of benzene rings is 1. The second-order valence-electron chi connectivity index (χ2n) is 4.24. The summed E-state index contributed by atoms with van der Waals surface area (Å²) in [5.74, 6) is -4.22. The number of carbonyl (C=O) groups is 1. The van der Waals surface area contributed by atoms with Gasteiger partial charge in [0.15, 0.2) is 29.4 Å². The van der Waals surface area contributed by atoms with Crippen LogP contribution in [0.4, 0.5) is 13.2 Å². The molecule has 2 aromatic rings. The summed E-state index contributed by atoms with van der Waals surface area (Å²) in [6.07, 6.45) is 2.00. The molecule has 0 spiro atoms. The molecular weight excluding hydrogens is 271 g/mol. The number of halogens is 3. The van der Waals surface area contributed by atoms with Crippen molar-refractivity contribution in [3.8, 4) is 11.3 Å². The molecule has 0 aliphatic rings. The minimum atomic E-state index is -1.58. The third-order valence-corrected chi connectivity index (χ3v) is 2.89. The van der Waals surface area contributed by atoms with Gasteiger partial charge in [0.2, 0.25) is 0 Å². The zero-order chi connectivity index (χ0) is 14.7. The van der Waals surface area contributed by atoms with Crippen LogP contribution in [0.1, 0.15) is 30.3 Å². The highest BCUT2D eigenvalue weighted by Crippen LogP contribution is 2.27. The molecule has 1 aromatic heterocycles. The summed E-state index contributed by atoms with van der Waals surface area (Å²) in [4.78, 5) is 10.9. The third-order valence-electron chi connectivity index (χ3n) is 2.89.